The third-order valence-corrected chi connectivity index (χ3v) is 7.31. The Kier molecular flexibility index (Phi) is 4.97. The van der Waals surface area contributed by atoms with Crippen LogP contribution in [0.25, 0.3) is 0 Å². The lowest BCUT2D eigenvalue weighted by molar-refractivity contribution is -0.146. The minimum absolute atomic E-state index is 0.147. The molecule has 0 aromatic carbocycles. The number of hydrogen-bond donors (Lipinski definition) is 1. The monoisotopic (exact) mass is 425 g/mol. The largest absolute Gasteiger partial charge is 0.475 e. The van der Waals surface area contributed by atoms with Gasteiger partial charge in [0, 0.05) is 18.7 Å². The molecule has 0 bridgehead atoms. The van der Waals surface area contributed by atoms with E-state index in [1.807, 2.05) is 13.8 Å². The fourth-order valence-corrected chi connectivity index (χ4v) is 5.89. The first-order chi connectivity index (χ1) is 13.6. The van der Waals surface area contributed by atoms with Gasteiger partial charge in [-0.25, -0.2) is 12.7 Å². The molecule has 0 aromatic heterocycles. The van der Waals surface area contributed by atoms with Gasteiger partial charge in [0.05, 0.1) is 30.8 Å². The Morgan fingerprint density at radius 2 is 1.97 bits per heavy atom. The highest BCUT2D eigenvalue weighted by Crippen LogP contribution is 2.41. The number of likely N-dealkylation sites (tertiary alicyclic amines) is 1. The van der Waals surface area contributed by atoms with Gasteiger partial charge in [-0.15, -0.1) is 0 Å². The molecular weight excluding hydrogens is 398 g/mol. The Morgan fingerprint density at radius 3 is 2.55 bits per heavy atom. The summed E-state index contributed by atoms with van der Waals surface area (Å²) in [5.41, 5.74) is 0. The molecule has 3 fully saturated rings. The van der Waals surface area contributed by atoms with Crippen molar-refractivity contribution in [1.82, 2.24) is 14.5 Å². The molecular formula is C19H27N3O6S. The molecule has 160 valence electrons. The van der Waals surface area contributed by atoms with E-state index in [1.165, 1.54) is 11.0 Å². The molecule has 2 amide bonds. The molecule has 1 saturated carbocycles. The van der Waals surface area contributed by atoms with Crippen molar-refractivity contribution in [2.75, 3.05) is 19.3 Å². The van der Waals surface area contributed by atoms with Gasteiger partial charge in [0.1, 0.15) is 5.76 Å². The first-order valence-electron chi connectivity index (χ1n) is 10.1. The molecule has 4 rings (SSSR count). The van der Waals surface area contributed by atoms with Crippen molar-refractivity contribution in [2.45, 2.75) is 57.3 Å². The number of nitrogens with one attached hydrogen (secondary N) is 1. The summed E-state index contributed by atoms with van der Waals surface area (Å²) in [6.45, 7) is 4.38. The number of rotatable bonds is 6. The van der Waals surface area contributed by atoms with Crippen LogP contribution >= 0.6 is 0 Å². The number of nitrogens with zero attached hydrogens (tertiary/aromatic N) is 2. The van der Waals surface area contributed by atoms with Gasteiger partial charge in [0.15, 0.2) is 0 Å². The summed E-state index contributed by atoms with van der Waals surface area (Å²) in [5.74, 6) is -1.70. The van der Waals surface area contributed by atoms with Crippen LogP contribution in [-0.2, 0) is 29.1 Å². The van der Waals surface area contributed by atoms with Crippen molar-refractivity contribution >= 4 is 27.6 Å². The fraction of sp³-hybridized carbons (Fsp3) is 0.737. The number of sulfonamides is 1. The first kappa shape index (κ1) is 20.3. The van der Waals surface area contributed by atoms with E-state index in [9.17, 15) is 22.8 Å². The summed E-state index contributed by atoms with van der Waals surface area (Å²) < 4.78 is 31.0. The number of fused-ring (bicyclic) bond motifs is 1. The summed E-state index contributed by atoms with van der Waals surface area (Å²) in [7, 11) is -3.74. The second-order valence-corrected chi connectivity index (χ2v) is 10.6. The van der Waals surface area contributed by atoms with Crippen LogP contribution in [0.3, 0.4) is 0 Å². The zero-order valence-electron chi connectivity index (χ0n) is 16.8. The quantitative estimate of drug-likeness (QED) is 0.578. The molecule has 0 aromatic rings. The lowest BCUT2D eigenvalue weighted by atomic mass is 9.88. The van der Waals surface area contributed by atoms with Gasteiger partial charge in [-0.1, -0.05) is 13.8 Å². The van der Waals surface area contributed by atoms with Crippen LogP contribution < -0.4 is 5.32 Å². The molecule has 10 heteroatoms. The number of ether oxygens (including phenoxy) is 1. The number of amides is 2. The SMILES string of the molecule is CC(C)[C@H]1C(=O)N(S(C)(=O)=O)[C@H]2CCN(C(=O)C3OC(CNC4CC4)=CC3=O)[C@H]12. The fourth-order valence-electron chi connectivity index (χ4n) is 4.72. The third-order valence-electron chi connectivity index (χ3n) is 6.15. The summed E-state index contributed by atoms with van der Waals surface area (Å²) in [5, 5.41) is 3.25. The standard InChI is InChI=1S/C19H27N3O6S/c1-10(2)15-16-13(22(18(15)24)29(3,26)27)6-7-21(16)19(25)17-14(23)8-12(28-17)9-20-11-4-5-11/h8,10-11,13,15-17,20H,4-7,9H2,1-3H3/t13-,15+,16-,17?/m0/s1. The van der Waals surface area contributed by atoms with E-state index in [1.54, 1.807) is 0 Å². The average Bonchev–Trinajstić information content (AvgIpc) is 3.12. The highest BCUT2D eigenvalue weighted by molar-refractivity contribution is 7.88. The average molecular weight is 426 g/mol. The van der Waals surface area contributed by atoms with Gasteiger partial charge in [-0.2, -0.15) is 0 Å². The van der Waals surface area contributed by atoms with E-state index >= 15 is 0 Å². The lowest BCUT2D eigenvalue weighted by Crippen LogP contribution is -2.49. The number of carbonyl (C=O) groups excluding carboxylic acids is 3. The van der Waals surface area contributed by atoms with Crippen molar-refractivity contribution in [1.29, 1.82) is 0 Å². The van der Waals surface area contributed by atoms with Gasteiger partial charge in [-0.05, 0) is 25.2 Å². The first-order valence-corrected chi connectivity index (χ1v) is 11.9. The highest BCUT2D eigenvalue weighted by Gasteiger charge is 2.59. The van der Waals surface area contributed by atoms with Crippen LogP contribution in [0, 0.1) is 11.8 Å². The minimum atomic E-state index is -3.74. The topological polar surface area (TPSA) is 113 Å². The zero-order chi connectivity index (χ0) is 21.1. The number of carbonyl (C=O) groups is 3. The molecule has 4 aliphatic rings. The molecule has 9 nitrogen and oxygen atoms in total. The maximum Gasteiger partial charge on any atom is 0.272 e. The van der Waals surface area contributed by atoms with Crippen molar-refractivity contribution in [3.63, 3.8) is 0 Å². The minimum Gasteiger partial charge on any atom is -0.475 e. The molecule has 1 unspecified atom stereocenters. The molecule has 3 heterocycles. The maximum atomic E-state index is 13.2. The van der Waals surface area contributed by atoms with Crippen molar-refractivity contribution in [3.8, 4) is 0 Å². The van der Waals surface area contributed by atoms with Gasteiger partial charge in [0.2, 0.25) is 27.8 Å². The van der Waals surface area contributed by atoms with Gasteiger partial charge >= 0.3 is 0 Å². The van der Waals surface area contributed by atoms with E-state index in [-0.39, 0.29) is 5.92 Å². The Bertz CT molecular complexity index is 878. The Hall–Kier alpha value is -1.94. The Balaban J connectivity index is 1.52. The second-order valence-electron chi connectivity index (χ2n) is 8.71. The van der Waals surface area contributed by atoms with E-state index in [0.717, 1.165) is 23.4 Å². The van der Waals surface area contributed by atoms with Crippen molar-refractivity contribution in [3.05, 3.63) is 11.8 Å². The molecule has 29 heavy (non-hydrogen) atoms. The Morgan fingerprint density at radius 1 is 1.28 bits per heavy atom. The molecule has 2 saturated heterocycles. The summed E-state index contributed by atoms with van der Waals surface area (Å²) in [6, 6.07) is -0.717. The predicted octanol–water partition coefficient (Wildman–Crippen LogP) is -0.366. The molecule has 0 spiro atoms. The Labute approximate surface area is 170 Å². The van der Waals surface area contributed by atoms with Gasteiger partial charge in [0.25, 0.3) is 5.91 Å². The lowest BCUT2D eigenvalue weighted by Gasteiger charge is -2.30. The van der Waals surface area contributed by atoms with E-state index in [4.69, 9.17) is 4.74 Å². The van der Waals surface area contributed by atoms with Crippen LogP contribution in [0.4, 0.5) is 0 Å². The summed E-state index contributed by atoms with van der Waals surface area (Å²) in [6.07, 6.45) is 3.68. The molecule has 0 radical (unpaired) electrons. The predicted molar refractivity (Wildman–Crippen MR) is 103 cm³/mol. The van der Waals surface area contributed by atoms with Gasteiger partial charge in [-0.3, -0.25) is 14.4 Å². The summed E-state index contributed by atoms with van der Waals surface area (Å²) >= 11 is 0. The van der Waals surface area contributed by atoms with Crippen molar-refractivity contribution < 1.29 is 27.5 Å². The highest BCUT2D eigenvalue weighted by atomic mass is 32.2. The van der Waals surface area contributed by atoms with Crippen LogP contribution in [0.15, 0.2) is 11.8 Å². The van der Waals surface area contributed by atoms with Crippen LogP contribution in [0.5, 0.6) is 0 Å². The van der Waals surface area contributed by atoms with Crippen molar-refractivity contribution in [2.24, 2.45) is 11.8 Å². The third kappa shape index (κ3) is 3.56. The smallest absolute Gasteiger partial charge is 0.272 e. The molecule has 1 aliphatic carbocycles. The number of ketones is 1. The van der Waals surface area contributed by atoms with Crippen LogP contribution in [0.2, 0.25) is 0 Å². The normalized spacial score (nSPS) is 32.1. The van der Waals surface area contributed by atoms with Crippen LogP contribution in [-0.4, -0.2) is 78.8 Å². The second kappa shape index (κ2) is 7.09. The van der Waals surface area contributed by atoms with E-state index in [2.05, 4.69) is 5.32 Å². The molecule has 4 atom stereocenters. The van der Waals surface area contributed by atoms with Gasteiger partial charge < -0.3 is 15.0 Å². The molecule has 3 aliphatic heterocycles. The van der Waals surface area contributed by atoms with Crippen LogP contribution in [0.1, 0.15) is 33.1 Å². The molecule has 1 N–H and O–H groups in total. The van der Waals surface area contributed by atoms with E-state index in [0.29, 0.717) is 31.3 Å². The zero-order valence-corrected chi connectivity index (χ0v) is 17.6. The maximum absolute atomic E-state index is 13.2. The van der Waals surface area contributed by atoms with E-state index < -0.39 is 51.7 Å². The number of hydrogen-bond acceptors (Lipinski definition) is 7. The summed E-state index contributed by atoms with van der Waals surface area (Å²) in [4.78, 5) is 39.9.